The largest absolute Gasteiger partial charge is 0.511 e. The molecule has 1 saturated carbocycles. The van der Waals surface area contributed by atoms with Crippen LogP contribution in [0.2, 0.25) is 0 Å². The second kappa shape index (κ2) is 5.63. The molecule has 0 spiro atoms. The fourth-order valence-electron chi connectivity index (χ4n) is 2.23. The maximum absolute atomic E-state index is 12.6. The van der Waals surface area contributed by atoms with Gasteiger partial charge in [-0.3, -0.25) is 4.98 Å². The molecule has 6 heteroatoms. The zero-order valence-corrected chi connectivity index (χ0v) is 10.1. The maximum atomic E-state index is 12.6. The lowest BCUT2D eigenvalue weighted by Gasteiger charge is -2.19. The molecule has 2 nitrogen and oxygen atoms in total. The van der Waals surface area contributed by atoms with Crippen LogP contribution in [0.15, 0.2) is 18.5 Å². The van der Waals surface area contributed by atoms with Gasteiger partial charge in [0.05, 0.1) is 12.3 Å². The Morgan fingerprint density at radius 2 is 1.72 bits per heavy atom. The van der Waals surface area contributed by atoms with Gasteiger partial charge in [0.25, 0.3) is 0 Å². The van der Waals surface area contributed by atoms with Gasteiger partial charge < -0.3 is 17.7 Å². The lowest BCUT2D eigenvalue weighted by molar-refractivity contribution is 0.183. The minimum atomic E-state index is -5.00. The van der Waals surface area contributed by atoms with Crippen LogP contribution in [0.25, 0.3) is 0 Å². The fourth-order valence-corrected chi connectivity index (χ4v) is 2.23. The number of pyridine rings is 1. The number of hydrogen-bond acceptors (Lipinski definition) is 2. The SMILES string of the molecule is F[B-](F)(F)c1cncc(OC2CCCCCC2)c1. The van der Waals surface area contributed by atoms with Crippen molar-refractivity contribution in [2.24, 2.45) is 0 Å². The van der Waals surface area contributed by atoms with Crippen molar-refractivity contribution in [3.8, 4) is 5.75 Å². The van der Waals surface area contributed by atoms with Crippen molar-refractivity contribution in [1.29, 1.82) is 0 Å². The van der Waals surface area contributed by atoms with Crippen molar-refractivity contribution in [1.82, 2.24) is 4.98 Å². The van der Waals surface area contributed by atoms with Crippen LogP contribution < -0.4 is 10.2 Å². The van der Waals surface area contributed by atoms with Gasteiger partial charge in [0.1, 0.15) is 5.75 Å². The van der Waals surface area contributed by atoms with Crippen LogP contribution >= 0.6 is 0 Å². The molecule has 0 bridgehead atoms. The molecule has 0 N–H and O–H groups in total. The number of ether oxygens (including phenoxy) is 1. The van der Waals surface area contributed by atoms with Crippen molar-refractivity contribution < 1.29 is 17.7 Å². The number of halogens is 3. The van der Waals surface area contributed by atoms with E-state index in [9.17, 15) is 12.9 Å². The van der Waals surface area contributed by atoms with E-state index in [1.54, 1.807) is 0 Å². The summed E-state index contributed by atoms with van der Waals surface area (Å²) in [6.07, 6.45) is 8.61. The van der Waals surface area contributed by atoms with Crippen molar-refractivity contribution in [2.45, 2.75) is 44.6 Å². The highest BCUT2D eigenvalue weighted by Gasteiger charge is 2.26. The van der Waals surface area contributed by atoms with E-state index in [1.165, 1.54) is 19.0 Å². The first-order chi connectivity index (χ1) is 8.55. The first-order valence-corrected chi connectivity index (χ1v) is 6.37. The molecule has 0 atom stereocenters. The van der Waals surface area contributed by atoms with Gasteiger partial charge in [0, 0.05) is 6.20 Å². The van der Waals surface area contributed by atoms with Crippen LogP contribution in [-0.2, 0) is 0 Å². The van der Waals surface area contributed by atoms with Crippen LogP contribution in [0.3, 0.4) is 0 Å². The summed E-state index contributed by atoms with van der Waals surface area (Å²) >= 11 is 0. The lowest BCUT2D eigenvalue weighted by atomic mass is 9.81. The fraction of sp³-hybridized carbons (Fsp3) is 0.583. The molecule has 0 amide bonds. The predicted molar refractivity (Wildman–Crippen MR) is 65.1 cm³/mol. The lowest BCUT2D eigenvalue weighted by Crippen LogP contribution is -2.34. The molecule has 1 heterocycles. The van der Waals surface area contributed by atoms with Crippen LogP contribution in [0, 0.1) is 0 Å². The first-order valence-electron chi connectivity index (χ1n) is 6.37. The third-order valence-corrected chi connectivity index (χ3v) is 3.22. The van der Waals surface area contributed by atoms with E-state index in [1.807, 2.05) is 0 Å². The zero-order chi connectivity index (χ0) is 13.0. The molecule has 0 radical (unpaired) electrons. The van der Waals surface area contributed by atoms with Crippen LogP contribution in [0.4, 0.5) is 12.9 Å². The Bertz CT molecular complexity index is 389. The summed E-state index contributed by atoms with van der Waals surface area (Å²) in [5.41, 5.74) is -0.693. The van der Waals surface area contributed by atoms with E-state index in [0.29, 0.717) is 0 Å². The molecule has 0 aliphatic heterocycles. The van der Waals surface area contributed by atoms with Crippen LogP contribution in [0.5, 0.6) is 5.75 Å². The summed E-state index contributed by atoms with van der Waals surface area (Å²) in [6, 6.07) is 1.05. The van der Waals surface area contributed by atoms with E-state index >= 15 is 0 Å². The standard InChI is InChI=1S/C12H16BF3NO/c14-13(15,16)10-7-12(9-17-8-10)18-11-5-3-1-2-4-6-11/h7-9,11H,1-6H2/q-1. The normalized spacial score (nSPS) is 18.4. The average Bonchev–Trinajstić information content (AvgIpc) is 2.57. The topological polar surface area (TPSA) is 22.1 Å². The monoisotopic (exact) mass is 258 g/mol. The first kappa shape index (κ1) is 13.2. The van der Waals surface area contributed by atoms with Gasteiger partial charge in [-0.25, -0.2) is 0 Å². The Kier molecular flexibility index (Phi) is 4.14. The quantitative estimate of drug-likeness (QED) is 0.613. The van der Waals surface area contributed by atoms with Gasteiger partial charge in [-0.15, -0.1) is 0 Å². The Morgan fingerprint density at radius 3 is 2.33 bits per heavy atom. The van der Waals surface area contributed by atoms with E-state index in [4.69, 9.17) is 4.74 Å². The smallest absolute Gasteiger partial charge is 0.489 e. The van der Waals surface area contributed by atoms with E-state index in [0.717, 1.165) is 37.9 Å². The minimum absolute atomic E-state index is 0.0327. The van der Waals surface area contributed by atoms with E-state index < -0.39 is 12.4 Å². The summed E-state index contributed by atoms with van der Waals surface area (Å²) < 4.78 is 43.4. The molecule has 1 aliphatic rings. The summed E-state index contributed by atoms with van der Waals surface area (Å²) in [4.78, 5) is 3.61. The molecular formula is C12H16BF3NO-. The maximum Gasteiger partial charge on any atom is 0.511 e. The molecule has 1 aromatic rings. The molecule has 100 valence electrons. The highest BCUT2D eigenvalue weighted by Crippen LogP contribution is 2.22. The Morgan fingerprint density at radius 1 is 1.06 bits per heavy atom. The highest BCUT2D eigenvalue weighted by molar-refractivity contribution is 6.73. The van der Waals surface area contributed by atoms with Crippen molar-refractivity contribution in [3.63, 3.8) is 0 Å². The predicted octanol–water partition coefficient (Wildman–Crippen LogP) is 3.24. The number of aromatic nitrogens is 1. The van der Waals surface area contributed by atoms with E-state index in [-0.39, 0.29) is 11.9 Å². The summed E-state index contributed by atoms with van der Waals surface area (Å²) in [6.45, 7) is -5.00. The Balaban J connectivity index is 2.04. The van der Waals surface area contributed by atoms with Gasteiger partial charge >= 0.3 is 6.98 Å². The van der Waals surface area contributed by atoms with Crippen LogP contribution in [-0.4, -0.2) is 18.1 Å². The zero-order valence-electron chi connectivity index (χ0n) is 10.1. The molecule has 1 aliphatic carbocycles. The molecule has 1 fully saturated rings. The van der Waals surface area contributed by atoms with Gasteiger partial charge in [-0.05, 0) is 31.7 Å². The molecule has 0 saturated heterocycles. The number of rotatable bonds is 3. The summed E-state index contributed by atoms with van der Waals surface area (Å²) in [7, 11) is 0. The molecular weight excluding hydrogens is 242 g/mol. The Hall–Kier alpha value is -1.20. The molecule has 1 aromatic heterocycles. The molecule has 2 rings (SSSR count). The van der Waals surface area contributed by atoms with Crippen molar-refractivity contribution in [2.75, 3.05) is 0 Å². The molecule has 0 unspecified atom stereocenters. The minimum Gasteiger partial charge on any atom is -0.489 e. The summed E-state index contributed by atoms with van der Waals surface area (Å²) in [5, 5.41) is 0. The number of nitrogens with zero attached hydrogens (tertiary/aromatic N) is 1. The van der Waals surface area contributed by atoms with Crippen molar-refractivity contribution in [3.05, 3.63) is 18.5 Å². The van der Waals surface area contributed by atoms with Gasteiger partial charge in [-0.2, -0.15) is 0 Å². The third-order valence-electron chi connectivity index (χ3n) is 3.22. The second-order valence-corrected chi connectivity index (χ2v) is 4.76. The summed E-state index contributed by atoms with van der Waals surface area (Å²) in [5.74, 6) is 0.235. The third kappa shape index (κ3) is 3.65. The van der Waals surface area contributed by atoms with Crippen LogP contribution in [0.1, 0.15) is 38.5 Å². The Labute approximate surface area is 105 Å². The van der Waals surface area contributed by atoms with Gasteiger partial charge in [0.2, 0.25) is 0 Å². The van der Waals surface area contributed by atoms with Gasteiger partial charge in [-0.1, -0.05) is 18.3 Å². The molecule has 0 aromatic carbocycles. The average molecular weight is 258 g/mol. The highest BCUT2D eigenvalue weighted by atomic mass is 19.4. The molecule has 18 heavy (non-hydrogen) atoms. The number of hydrogen-bond donors (Lipinski definition) is 0. The van der Waals surface area contributed by atoms with Gasteiger partial charge in [0.15, 0.2) is 0 Å². The van der Waals surface area contributed by atoms with E-state index in [2.05, 4.69) is 4.98 Å². The second-order valence-electron chi connectivity index (χ2n) is 4.76. The van der Waals surface area contributed by atoms with Crippen molar-refractivity contribution >= 4 is 12.4 Å².